The Kier molecular flexibility index (Phi) is 7.00. The number of carbonyl (C=O) groups is 4. The fraction of sp³-hybridized carbons (Fsp3) is 0.357. The summed E-state index contributed by atoms with van der Waals surface area (Å²) in [4.78, 5) is 58.5. The molecule has 4 aliphatic heterocycles. The van der Waals surface area contributed by atoms with Gasteiger partial charge in [-0.15, -0.1) is 0 Å². The highest BCUT2D eigenvalue weighted by Gasteiger charge is 2.62. The van der Waals surface area contributed by atoms with Crippen molar-refractivity contribution < 1.29 is 33.5 Å². The Morgan fingerprint density at radius 1 is 0.923 bits per heavy atom. The second-order valence-corrected chi connectivity index (χ2v) is 10.4. The van der Waals surface area contributed by atoms with Crippen molar-refractivity contribution in [1.82, 2.24) is 20.4 Å². The molecule has 2 aromatic rings. The predicted molar refractivity (Wildman–Crippen MR) is 137 cm³/mol. The summed E-state index contributed by atoms with van der Waals surface area (Å²) in [5.74, 6) is -0.890. The van der Waals surface area contributed by atoms with Crippen LogP contribution in [-0.2, 0) is 36.9 Å². The molecule has 4 atom stereocenters. The molecular formula is C28H30N4O7. The van der Waals surface area contributed by atoms with E-state index in [0.29, 0.717) is 0 Å². The molecule has 2 fully saturated rings. The van der Waals surface area contributed by atoms with Crippen molar-refractivity contribution in [2.75, 3.05) is 0 Å². The van der Waals surface area contributed by atoms with Crippen molar-refractivity contribution in [2.24, 2.45) is 0 Å². The molecule has 4 aliphatic rings. The second-order valence-electron chi connectivity index (χ2n) is 10.4. The van der Waals surface area contributed by atoms with Crippen molar-refractivity contribution >= 4 is 24.0 Å². The van der Waals surface area contributed by atoms with E-state index in [9.17, 15) is 19.2 Å². The van der Waals surface area contributed by atoms with Gasteiger partial charge in [-0.25, -0.2) is 19.4 Å². The van der Waals surface area contributed by atoms with Crippen LogP contribution in [0.5, 0.6) is 0 Å². The molecule has 11 heteroatoms. The maximum absolute atomic E-state index is 13.4. The minimum atomic E-state index is -1.14. The Bertz CT molecular complexity index is 1280. The lowest BCUT2D eigenvalue weighted by Crippen LogP contribution is -2.78. The first-order valence-electron chi connectivity index (χ1n) is 12.7. The van der Waals surface area contributed by atoms with E-state index < -0.39 is 48.0 Å². The van der Waals surface area contributed by atoms with Gasteiger partial charge in [-0.05, 0) is 38.0 Å². The molecule has 4 amide bonds. The molecule has 11 nitrogen and oxygen atoms in total. The Balaban J connectivity index is 1.39. The van der Waals surface area contributed by atoms with E-state index in [2.05, 4.69) is 5.32 Å². The van der Waals surface area contributed by atoms with E-state index in [1.54, 1.807) is 32.9 Å². The number of β-lactam (4-membered cyclic amide) rings is 1. The third-order valence-electron chi connectivity index (χ3n) is 6.39. The lowest BCUT2D eigenvalue weighted by atomic mass is 9.89. The largest absolute Gasteiger partial charge is 0.443 e. The number of ether oxygens (including phenoxy) is 2. The Morgan fingerprint density at radius 3 is 2.21 bits per heavy atom. The van der Waals surface area contributed by atoms with Crippen LogP contribution in [0.15, 0.2) is 72.8 Å². The maximum Gasteiger partial charge on any atom is 0.435 e. The minimum Gasteiger partial charge on any atom is -0.443 e. The minimum absolute atomic E-state index is 0.000958. The third-order valence-corrected chi connectivity index (χ3v) is 6.39. The quantitative estimate of drug-likeness (QED) is 0.463. The van der Waals surface area contributed by atoms with Crippen LogP contribution in [0.1, 0.15) is 31.9 Å². The number of hydroxylamine groups is 2. The molecule has 2 saturated heterocycles. The van der Waals surface area contributed by atoms with Crippen LogP contribution in [0.25, 0.3) is 0 Å². The number of carbonyl (C=O) groups excluding carboxylic acids is 4. The van der Waals surface area contributed by atoms with E-state index in [4.69, 9.17) is 14.3 Å². The van der Waals surface area contributed by atoms with Gasteiger partial charge in [0, 0.05) is 0 Å². The normalized spacial score (nSPS) is 23.5. The summed E-state index contributed by atoms with van der Waals surface area (Å²) in [6.07, 6.45) is 0.542. The zero-order chi connectivity index (χ0) is 27.7. The van der Waals surface area contributed by atoms with Crippen LogP contribution >= 0.6 is 0 Å². The molecule has 0 radical (unpaired) electrons. The van der Waals surface area contributed by atoms with E-state index >= 15 is 0 Å². The molecule has 39 heavy (non-hydrogen) atoms. The first-order chi connectivity index (χ1) is 18.6. The van der Waals surface area contributed by atoms with Crippen LogP contribution < -0.4 is 5.32 Å². The highest BCUT2D eigenvalue weighted by molar-refractivity contribution is 5.95. The molecule has 2 aromatic carbocycles. The number of hydrazine groups is 1. The van der Waals surface area contributed by atoms with Crippen molar-refractivity contribution in [1.29, 1.82) is 0 Å². The van der Waals surface area contributed by atoms with Gasteiger partial charge in [0.2, 0.25) is 12.1 Å². The lowest BCUT2D eigenvalue weighted by molar-refractivity contribution is -0.219. The topological polar surface area (TPSA) is 118 Å². The van der Waals surface area contributed by atoms with Crippen LogP contribution in [-0.4, -0.2) is 69.0 Å². The number of rotatable bonds is 5. The van der Waals surface area contributed by atoms with Gasteiger partial charge in [0.1, 0.15) is 30.3 Å². The first kappa shape index (κ1) is 26.2. The summed E-state index contributed by atoms with van der Waals surface area (Å²) < 4.78 is 11.0. The van der Waals surface area contributed by atoms with Gasteiger partial charge in [-0.1, -0.05) is 66.7 Å². The fourth-order valence-electron chi connectivity index (χ4n) is 4.70. The number of nitrogens with zero attached hydrogens (tertiary/aromatic N) is 3. The van der Waals surface area contributed by atoms with E-state index in [0.717, 1.165) is 21.2 Å². The highest BCUT2D eigenvalue weighted by atomic mass is 16.8. The summed E-state index contributed by atoms with van der Waals surface area (Å²) in [6, 6.07) is 15.6. The van der Waals surface area contributed by atoms with Gasteiger partial charge in [0.05, 0.1) is 6.42 Å². The molecular weight excluding hydrogens is 504 g/mol. The van der Waals surface area contributed by atoms with Gasteiger partial charge >= 0.3 is 12.2 Å². The van der Waals surface area contributed by atoms with E-state index in [-0.39, 0.29) is 18.9 Å². The Hall–Kier alpha value is -4.38. The Morgan fingerprint density at radius 2 is 1.56 bits per heavy atom. The number of hydrogen-bond donors (Lipinski definition) is 1. The Labute approximate surface area is 225 Å². The molecule has 0 aromatic heterocycles. The predicted octanol–water partition coefficient (Wildman–Crippen LogP) is 2.93. The van der Waals surface area contributed by atoms with Gasteiger partial charge in [0.25, 0.3) is 5.91 Å². The van der Waals surface area contributed by atoms with Gasteiger partial charge < -0.3 is 14.8 Å². The number of amides is 4. The summed E-state index contributed by atoms with van der Waals surface area (Å²) in [5.41, 5.74) is 0.708. The number of benzene rings is 2. The van der Waals surface area contributed by atoms with Crippen molar-refractivity contribution in [3.63, 3.8) is 0 Å². The zero-order valence-corrected chi connectivity index (χ0v) is 21.9. The van der Waals surface area contributed by atoms with E-state index in [1.807, 2.05) is 60.7 Å². The average Bonchev–Trinajstić information content (AvgIpc) is 3.13. The van der Waals surface area contributed by atoms with Gasteiger partial charge in [-0.3, -0.25) is 9.59 Å². The molecule has 0 saturated carbocycles. The highest BCUT2D eigenvalue weighted by Crippen LogP contribution is 2.38. The molecule has 1 N–H and O–H groups in total. The molecule has 0 spiro atoms. The monoisotopic (exact) mass is 534 g/mol. The number of hydrogen-bond acceptors (Lipinski definition) is 7. The number of fused-ring (bicyclic) bond motifs is 1. The summed E-state index contributed by atoms with van der Waals surface area (Å²) >= 11 is 0. The van der Waals surface area contributed by atoms with Crippen LogP contribution in [0.3, 0.4) is 0 Å². The summed E-state index contributed by atoms with van der Waals surface area (Å²) in [7, 11) is 0. The smallest absolute Gasteiger partial charge is 0.435 e. The van der Waals surface area contributed by atoms with Crippen molar-refractivity contribution in [3.8, 4) is 0 Å². The third kappa shape index (κ3) is 5.44. The van der Waals surface area contributed by atoms with Crippen molar-refractivity contribution in [3.05, 3.63) is 83.9 Å². The van der Waals surface area contributed by atoms with Gasteiger partial charge in [-0.2, -0.15) is 10.1 Å². The molecule has 204 valence electrons. The zero-order valence-electron chi connectivity index (χ0n) is 21.9. The molecule has 2 bridgehead atoms. The maximum atomic E-state index is 13.4. The molecule has 4 heterocycles. The summed E-state index contributed by atoms with van der Waals surface area (Å²) in [5, 5.41) is 6.02. The standard InChI is InChI=1S/C28H30N4O7/c1-28(2,3)38-26(35)30-22-15-14-20(32(39-22)27(36)37-17-19-12-8-5-9-13-19)24-23(25(34)31(24)30)29-21(33)16-18-10-6-4-7-11-18/h4-15,20,22-24H,16-17H2,1-3H3,(H,29,33)/t20?,22?,23-,24?/m1/s1. The number of nitrogens with one attached hydrogen (secondary N) is 1. The molecule has 3 unspecified atom stereocenters. The SMILES string of the molecule is CC(C)(C)OC(=O)N1C2C=CC(C3[C@@H](NC(=O)Cc4ccccc4)C(=O)N31)N(C(=O)OCc1ccccc1)O2. The average molecular weight is 535 g/mol. The lowest BCUT2D eigenvalue weighted by Gasteiger charge is -2.50. The van der Waals surface area contributed by atoms with Crippen LogP contribution in [0.4, 0.5) is 9.59 Å². The second kappa shape index (κ2) is 10.4. The van der Waals surface area contributed by atoms with Crippen molar-refractivity contribution in [2.45, 2.75) is 63.8 Å². The molecule has 6 rings (SSSR count). The fourth-order valence-corrected chi connectivity index (χ4v) is 4.70. The van der Waals surface area contributed by atoms with Crippen LogP contribution in [0, 0.1) is 0 Å². The first-order valence-corrected chi connectivity index (χ1v) is 12.7. The van der Waals surface area contributed by atoms with Gasteiger partial charge in [0.15, 0.2) is 0 Å². The van der Waals surface area contributed by atoms with E-state index in [1.165, 1.54) is 5.01 Å². The molecule has 0 aliphatic carbocycles. The summed E-state index contributed by atoms with van der Waals surface area (Å²) in [6.45, 7) is 5.10. The van der Waals surface area contributed by atoms with Crippen LogP contribution in [0.2, 0.25) is 0 Å².